The molecule has 8 unspecified atom stereocenters. The Kier molecular flexibility index (Phi) is 20.3. The Morgan fingerprint density at radius 2 is 1.50 bits per heavy atom. The van der Waals surface area contributed by atoms with Crippen molar-refractivity contribution in [3.8, 4) is 0 Å². The predicted molar refractivity (Wildman–Crippen MR) is 228 cm³/mol. The summed E-state index contributed by atoms with van der Waals surface area (Å²) >= 11 is 0. The molecule has 1 aliphatic rings. The van der Waals surface area contributed by atoms with Crippen molar-refractivity contribution in [2.24, 2.45) is 23.7 Å². The molecule has 4 amide bonds. The van der Waals surface area contributed by atoms with Crippen LogP contribution in [0.25, 0.3) is 0 Å². The number of carbonyl (C=O) groups is 5. The zero-order valence-corrected chi connectivity index (χ0v) is 38.3. The van der Waals surface area contributed by atoms with E-state index in [1.54, 1.807) is 51.7 Å². The van der Waals surface area contributed by atoms with Crippen LogP contribution in [0.4, 0.5) is 0 Å². The van der Waals surface area contributed by atoms with Crippen LogP contribution in [0.2, 0.25) is 0 Å². The Bertz CT molecular complexity index is 1470. The zero-order chi connectivity index (χ0) is 44.1. The lowest BCUT2D eigenvalue weighted by Gasteiger charge is -2.41. The summed E-state index contributed by atoms with van der Waals surface area (Å²) in [6.07, 6.45) is 1.04. The van der Waals surface area contributed by atoms with Gasteiger partial charge >= 0.3 is 5.97 Å². The van der Waals surface area contributed by atoms with Gasteiger partial charge < -0.3 is 34.6 Å². The fourth-order valence-corrected chi connectivity index (χ4v) is 8.21. The molecule has 0 saturated carbocycles. The van der Waals surface area contributed by atoms with E-state index in [2.05, 4.69) is 10.6 Å². The first-order valence-electron chi connectivity index (χ1n) is 21.3. The van der Waals surface area contributed by atoms with Crippen LogP contribution in [0.5, 0.6) is 0 Å². The van der Waals surface area contributed by atoms with Crippen LogP contribution in [0.3, 0.4) is 0 Å². The van der Waals surface area contributed by atoms with Crippen molar-refractivity contribution in [2.75, 3.05) is 41.4 Å². The fraction of sp³-hybridized carbons (Fsp3) is 0.756. The van der Waals surface area contributed by atoms with Gasteiger partial charge in [0, 0.05) is 34.2 Å². The van der Waals surface area contributed by atoms with E-state index in [0.29, 0.717) is 19.5 Å². The molecule has 330 valence electrons. The monoisotopic (exact) mass is 816 g/mol. The molecule has 1 heterocycles. The first-order chi connectivity index (χ1) is 27.1. The number of ether oxygens (including phenoxy) is 3. The van der Waals surface area contributed by atoms with E-state index >= 15 is 0 Å². The summed E-state index contributed by atoms with van der Waals surface area (Å²) in [4.78, 5) is 75.0. The molecule has 0 spiro atoms. The molecule has 0 radical (unpaired) electrons. The van der Waals surface area contributed by atoms with Gasteiger partial charge in [0.05, 0.1) is 42.7 Å². The van der Waals surface area contributed by atoms with Crippen molar-refractivity contribution in [1.82, 2.24) is 25.3 Å². The second kappa shape index (κ2) is 23.3. The van der Waals surface area contributed by atoms with Gasteiger partial charge in [-0.25, -0.2) is 4.79 Å². The average Bonchev–Trinajstić information content (AvgIpc) is 3.65. The van der Waals surface area contributed by atoms with E-state index < -0.39 is 59.9 Å². The maximum absolute atomic E-state index is 14.3. The van der Waals surface area contributed by atoms with Crippen molar-refractivity contribution in [3.63, 3.8) is 0 Å². The van der Waals surface area contributed by atoms with Crippen molar-refractivity contribution in [3.05, 3.63) is 35.9 Å². The third kappa shape index (κ3) is 14.0. The van der Waals surface area contributed by atoms with Crippen molar-refractivity contribution in [1.29, 1.82) is 0 Å². The summed E-state index contributed by atoms with van der Waals surface area (Å²) in [5.41, 5.74) is 0.134. The third-order valence-corrected chi connectivity index (χ3v) is 11.7. The number of esters is 1. The minimum atomic E-state index is -0.923. The predicted octanol–water partition coefficient (Wildman–Crippen LogP) is 5.09. The molecule has 1 saturated heterocycles. The van der Waals surface area contributed by atoms with E-state index in [4.69, 9.17) is 14.2 Å². The molecular weight excluding hydrogens is 739 g/mol. The first kappa shape index (κ1) is 50.6. The SMILES string of the molecule is CCC(C)C(C(CC(=O)N1CCCC1C(OC)C(C)C(=O)NC(Cc1ccccc1)C(=O)OC(C)(C)C)OC)N(C)C(=O)[C@@H](NC(=O)C(C(C)C)N(C)CC)C(C)C. The molecule has 0 aromatic heterocycles. The smallest absolute Gasteiger partial charge is 0.329 e. The Hall–Kier alpha value is -3.55. The molecule has 0 bridgehead atoms. The van der Waals surface area contributed by atoms with Crippen LogP contribution < -0.4 is 10.6 Å². The van der Waals surface area contributed by atoms with Gasteiger partial charge in [-0.2, -0.15) is 0 Å². The summed E-state index contributed by atoms with van der Waals surface area (Å²) in [5.74, 6) is -2.39. The number of rotatable bonds is 22. The lowest BCUT2D eigenvalue weighted by molar-refractivity contribution is -0.159. The number of amides is 4. The average molecular weight is 816 g/mol. The number of likely N-dealkylation sites (tertiary alicyclic amines) is 1. The molecule has 13 heteroatoms. The molecule has 58 heavy (non-hydrogen) atoms. The Labute approximate surface area is 349 Å². The quantitative estimate of drug-likeness (QED) is 0.153. The highest BCUT2D eigenvalue weighted by Crippen LogP contribution is 2.30. The van der Waals surface area contributed by atoms with Gasteiger partial charge in [-0.3, -0.25) is 24.1 Å². The minimum absolute atomic E-state index is 0.00382. The zero-order valence-electron chi connectivity index (χ0n) is 38.3. The summed E-state index contributed by atoms with van der Waals surface area (Å²) in [5, 5.41) is 6.01. The molecule has 1 aromatic carbocycles. The molecule has 0 aliphatic carbocycles. The maximum Gasteiger partial charge on any atom is 0.329 e. The van der Waals surface area contributed by atoms with Crippen molar-refractivity contribution < 1.29 is 38.2 Å². The summed E-state index contributed by atoms with van der Waals surface area (Å²) in [7, 11) is 6.74. The molecule has 2 rings (SSSR count). The Morgan fingerprint density at radius 1 is 0.879 bits per heavy atom. The van der Waals surface area contributed by atoms with Gasteiger partial charge in [-0.1, -0.05) is 92.1 Å². The van der Waals surface area contributed by atoms with Gasteiger partial charge in [-0.15, -0.1) is 0 Å². The molecular formula is C45H77N5O8. The second-order valence-electron chi connectivity index (χ2n) is 17.9. The molecule has 13 nitrogen and oxygen atoms in total. The first-order valence-corrected chi connectivity index (χ1v) is 21.3. The normalized spacial score (nSPS) is 18.9. The lowest BCUT2D eigenvalue weighted by Crippen LogP contribution is -2.60. The van der Waals surface area contributed by atoms with Gasteiger partial charge in [0.1, 0.15) is 17.7 Å². The van der Waals surface area contributed by atoms with Gasteiger partial charge in [0.25, 0.3) is 0 Å². The summed E-state index contributed by atoms with van der Waals surface area (Å²) in [6, 6.07) is 6.49. The molecule has 1 aromatic rings. The van der Waals surface area contributed by atoms with E-state index in [0.717, 1.165) is 18.4 Å². The summed E-state index contributed by atoms with van der Waals surface area (Å²) in [6.45, 7) is 22.2. The van der Waals surface area contributed by atoms with Gasteiger partial charge in [-0.05, 0) is 70.5 Å². The number of likely N-dealkylation sites (N-methyl/N-ethyl adjacent to an activating group) is 2. The number of benzene rings is 1. The second-order valence-corrected chi connectivity index (χ2v) is 17.9. The van der Waals surface area contributed by atoms with Crippen LogP contribution in [-0.2, 0) is 44.6 Å². The molecule has 2 N–H and O–H groups in total. The summed E-state index contributed by atoms with van der Waals surface area (Å²) < 4.78 is 17.7. The van der Waals surface area contributed by atoms with E-state index in [-0.39, 0.29) is 54.2 Å². The Morgan fingerprint density at radius 3 is 2.00 bits per heavy atom. The maximum atomic E-state index is 14.3. The van der Waals surface area contributed by atoms with Gasteiger partial charge in [0.2, 0.25) is 23.6 Å². The highest BCUT2D eigenvalue weighted by molar-refractivity contribution is 5.90. The van der Waals surface area contributed by atoms with Crippen LogP contribution >= 0.6 is 0 Å². The van der Waals surface area contributed by atoms with Crippen molar-refractivity contribution >= 4 is 29.6 Å². The third-order valence-electron chi connectivity index (χ3n) is 11.7. The van der Waals surface area contributed by atoms with E-state index in [1.165, 1.54) is 7.11 Å². The van der Waals surface area contributed by atoms with E-state index in [1.807, 2.05) is 90.7 Å². The highest BCUT2D eigenvalue weighted by atomic mass is 16.6. The molecule has 9 atom stereocenters. The standard InChI is InChI=1S/C45H77N5O8/c1-16-30(7)39(49(13)43(54)37(28(3)4)47-42(53)38(29(5)6)48(12)17-2)35(56-14)27-36(51)50-25-21-24-34(50)40(57-15)31(8)41(52)46-33(44(55)58-45(9,10)11)26-32-22-19-18-20-23-32/h18-20,22-23,28-31,33-35,37-40H,16-17,21,24-27H2,1-15H3,(H,46,52)(H,47,53)/t30?,31?,33?,34?,35?,37-,38?,39?,40?/m0/s1. The molecule has 1 fully saturated rings. The number of carbonyl (C=O) groups excluding carboxylic acids is 5. The highest BCUT2D eigenvalue weighted by Gasteiger charge is 2.43. The number of methoxy groups -OCH3 is 2. The van der Waals surface area contributed by atoms with Crippen LogP contribution in [0.1, 0.15) is 107 Å². The van der Waals surface area contributed by atoms with Crippen LogP contribution in [-0.4, -0.2) is 134 Å². The number of hydrogen-bond donors (Lipinski definition) is 2. The minimum Gasteiger partial charge on any atom is -0.458 e. The van der Waals surface area contributed by atoms with Crippen LogP contribution in [0, 0.1) is 23.7 Å². The topological polar surface area (TPSA) is 147 Å². The van der Waals surface area contributed by atoms with E-state index in [9.17, 15) is 24.0 Å². The van der Waals surface area contributed by atoms with Gasteiger partial charge in [0.15, 0.2) is 0 Å². The number of hydrogen-bond acceptors (Lipinski definition) is 9. The fourth-order valence-electron chi connectivity index (χ4n) is 8.21. The number of nitrogens with one attached hydrogen (secondary N) is 2. The Balaban J connectivity index is 2.32. The van der Waals surface area contributed by atoms with Crippen molar-refractivity contribution in [2.45, 2.75) is 156 Å². The van der Waals surface area contributed by atoms with Crippen LogP contribution in [0.15, 0.2) is 30.3 Å². The molecule has 1 aliphatic heterocycles. The lowest BCUT2D eigenvalue weighted by atomic mass is 9.89. The number of nitrogens with zero attached hydrogens (tertiary/aromatic N) is 3. The largest absolute Gasteiger partial charge is 0.458 e.